The minimum absolute atomic E-state index is 0.267. The van der Waals surface area contributed by atoms with Gasteiger partial charge in [0.1, 0.15) is 17.6 Å². The van der Waals surface area contributed by atoms with Crippen molar-refractivity contribution in [2.75, 3.05) is 12.8 Å². The average molecular weight is 286 g/mol. The van der Waals surface area contributed by atoms with Crippen molar-refractivity contribution in [2.24, 2.45) is 0 Å². The Morgan fingerprint density at radius 2 is 2.26 bits per heavy atom. The van der Waals surface area contributed by atoms with Gasteiger partial charge in [0.05, 0.1) is 12.8 Å². The molecule has 0 bridgehead atoms. The Balaban J connectivity index is 1.96. The maximum Gasteiger partial charge on any atom is 0.238 e. The summed E-state index contributed by atoms with van der Waals surface area (Å²) < 4.78 is 29.7. The van der Waals surface area contributed by atoms with Gasteiger partial charge in [-0.05, 0) is 31.9 Å². The molecule has 1 saturated heterocycles. The van der Waals surface area contributed by atoms with Crippen LogP contribution in [0.3, 0.4) is 0 Å². The largest absolute Gasteiger partial charge is 0.465 e. The number of hydrogen-bond donors (Lipinski definition) is 1. The zero-order chi connectivity index (χ0) is 14.0. The van der Waals surface area contributed by atoms with E-state index in [-0.39, 0.29) is 12.5 Å². The monoisotopic (exact) mass is 286 g/mol. The summed E-state index contributed by atoms with van der Waals surface area (Å²) in [4.78, 5) is 12.0. The van der Waals surface area contributed by atoms with Gasteiger partial charge in [-0.3, -0.25) is 4.79 Å². The van der Waals surface area contributed by atoms with Crippen LogP contribution in [0, 0.1) is 6.92 Å². The van der Waals surface area contributed by atoms with Crippen LogP contribution in [0.4, 0.5) is 0 Å². The number of nitrogens with one attached hydrogen (secondary N) is 1. The van der Waals surface area contributed by atoms with Gasteiger partial charge in [0.25, 0.3) is 0 Å². The summed E-state index contributed by atoms with van der Waals surface area (Å²) in [7, 11) is -3.33. The standard InChI is InChI=1S/C12H18N2O4S/c1-9-5-6-10(18-9)8-13-12(15)11-4-3-7-14(11)19(2,16)17/h5-6,11H,3-4,7-8H2,1-2H3,(H,13,15)/t11-/m0/s1. The van der Waals surface area contributed by atoms with Crippen LogP contribution in [0.2, 0.25) is 0 Å². The molecule has 1 aliphatic heterocycles. The second kappa shape index (κ2) is 5.34. The van der Waals surface area contributed by atoms with Crippen molar-refractivity contribution in [3.63, 3.8) is 0 Å². The fraction of sp³-hybridized carbons (Fsp3) is 0.583. The zero-order valence-corrected chi connectivity index (χ0v) is 11.9. The fourth-order valence-corrected chi connectivity index (χ4v) is 3.40. The Labute approximate surface area is 112 Å². The van der Waals surface area contributed by atoms with Crippen LogP contribution < -0.4 is 5.32 Å². The number of sulfonamides is 1. The molecule has 1 aromatic heterocycles. The smallest absolute Gasteiger partial charge is 0.238 e. The lowest BCUT2D eigenvalue weighted by atomic mass is 10.2. The maximum absolute atomic E-state index is 12.0. The molecular weight excluding hydrogens is 268 g/mol. The third kappa shape index (κ3) is 3.36. The SMILES string of the molecule is Cc1ccc(CNC(=O)[C@@H]2CCCN2S(C)(=O)=O)o1. The highest BCUT2D eigenvalue weighted by molar-refractivity contribution is 7.88. The van der Waals surface area contributed by atoms with Crippen LogP contribution >= 0.6 is 0 Å². The molecule has 1 amide bonds. The predicted molar refractivity (Wildman–Crippen MR) is 69.9 cm³/mol. The minimum Gasteiger partial charge on any atom is -0.465 e. The van der Waals surface area contributed by atoms with Crippen molar-refractivity contribution in [3.8, 4) is 0 Å². The van der Waals surface area contributed by atoms with Crippen LogP contribution in [-0.4, -0.2) is 37.5 Å². The highest BCUT2D eigenvalue weighted by Gasteiger charge is 2.36. The molecule has 1 aliphatic rings. The number of nitrogens with zero attached hydrogens (tertiary/aromatic N) is 1. The molecule has 0 aliphatic carbocycles. The van der Waals surface area contributed by atoms with E-state index in [4.69, 9.17) is 4.42 Å². The number of amides is 1. The number of furan rings is 1. The van der Waals surface area contributed by atoms with E-state index < -0.39 is 16.1 Å². The molecule has 0 spiro atoms. The van der Waals surface area contributed by atoms with Gasteiger partial charge >= 0.3 is 0 Å². The van der Waals surface area contributed by atoms with Crippen LogP contribution in [-0.2, 0) is 21.4 Å². The Hall–Kier alpha value is -1.34. The molecule has 1 aromatic rings. The molecule has 19 heavy (non-hydrogen) atoms. The lowest BCUT2D eigenvalue weighted by Gasteiger charge is -2.21. The molecule has 7 heteroatoms. The highest BCUT2D eigenvalue weighted by Crippen LogP contribution is 2.20. The number of carbonyl (C=O) groups is 1. The van der Waals surface area contributed by atoms with Crippen molar-refractivity contribution in [2.45, 2.75) is 32.4 Å². The second-order valence-corrected chi connectivity index (χ2v) is 6.70. The van der Waals surface area contributed by atoms with E-state index in [9.17, 15) is 13.2 Å². The van der Waals surface area contributed by atoms with Crippen LogP contribution in [0.15, 0.2) is 16.5 Å². The van der Waals surface area contributed by atoms with E-state index in [1.807, 2.05) is 13.0 Å². The lowest BCUT2D eigenvalue weighted by molar-refractivity contribution is -0.124. The molecule has 0 aromatic carbocycles. The summed E-state index contributed by atoms with van der Waals surface area (Å²) in [6.45, 7) is 2.52. The van der Waals surface area contributed by atoms with E-state index in [2.05, 4.69) is 5.32 Å². The van der Waals surface area contributed by atoms with E-state index in [0.717, 1.165) is 12.0 Å². The van der Waals surface area contributed by atoms with Crippen LogP contribution in [0.1, 0.15) is 24.4 Å². The first-order valence-electron chi connectivity index (χ1n) is 6.18. The van der Waals surface area contributed by atoms with E-state index in [1.54, 1.807) is 6.07 Å². The zero-order valence-electron chi connectivity index (χ0n) is 11.0. The van der Waals surface area contributed by atoms with E-state index >= 15 is 0 Å². The van der Waals surface area contributed by atoms with Crippen molar-refractivity contribution < 1.29 is 17.6 Å². The van der Waals surface area contributed by atoms with Crippen LogP contribution in [0.5, 0.6) is 0 Å². The molecular formula is C12H18N2O4S. The molecule has 2 rings (SSSR count). The Morgan fingerprint density at radius 3 is 2.84 bits per heavy atom. The first kappa shape index (κ1) is 14.1. The Bertz CT molecular complexity index is 564. The van der Waals surface area contributed by atoms with Gasteiger partial charge in [-0.15, -0.1) is 0 Å². The normalized spacial score (nSPS) is 20.6. The summed E-state index contributed by atoms with van der Waals surface area (Å²) in [6, 6.07) is 3.02. The third-order valence-electron chi connectivity index (χ3n) is 3.17. The number of aryl methyl sites for hydroxylation is 1. The van der Waals surface area contributed by atoms with Gasteiger partial charge in [-0.25, -0.2) is 8.42 Å². The molecule has 1 atom stereocenters. The number of carbonyl (C=O) groups excluding carboxylic acids is 1. The molecule has 0 unspecified atom stereocenters. The van der Waals surface area contributed by atoms with Crippen molar-refractivity contribution in [3.05, 3.63) is 23.7 Å². The molecule has 6 nitrogen and oxygen atoms in total. The average Bonchev–Trinajstić information content (AvgIpc) is 2.93. The molecule has 1 fully saturated rings. The maximum atomic E-state index is 12.0. The van der Waals surface area contributed by atoms with Gasteiger partial charge in [-0.1, -0.05) is 0 Å². The summed E-state index contributed by atoms with van der Waals surface area (Å²) in [5.74, 6) is 1.18. The summed E-state index contributed by atoms with van der Waals surface area (Å²) in [5.41, 5.74) is 0. The third-order valence-corrected chi connectivity index (χ3v) is 4.45. The lowest BCUT2D eigenvalue weighted by Crippen LogP contribution is -2.45. The van der Waals surface area contributed by atoms with Gasteiger partial charge in [0.2, 0.25) is 15.9 Å². The first-order chi connectivity index (χ1) is 8.88. The quantitative estimate of drug-likeness (QED) is 0.880. The van der Waals surface area contributed by atoms with Crippen molar-refractivity contribution in [1.82, 2.24) is 9.62 Å². The van der Waals surface area contributed by atoms with E-state index in [1.165, 1.54) is 4.31 Å². The number of hydrogen-bond acceptors (Lipinski definition) is 4. The molecule has 106 valence electrons. The second-order valence-electron chi connectivity index (χ2n) is 4.76. The van der Waals surface area contributed by atoms with Crippen molar-refractivity contribution >= 4 is 15.9 Å². The van der Waals surface area contributed by atoms with Crippen LogP contribution in [0.25, 0.3) is 0 Å². The van der Waals surface area contributed by atoms with Gasteiger partial charge < -0.3 is 9.73 Å². The molecule has 1 N–H and O–H groups in total. The molecule has 0 radical (unpaired) electrons. The molecule has 2 heterocycles. The van der Waals surface area contributed by atoms with Crippen molar-refractivity contribution in [1.29, 1.82) is 0 Å². The van der Waals surface area contributed by atoms with Gasteiger partial charge in [0.15, 0.2) is 0 Å². The highest BCUT2D eigenvalue weighted by atomic mass is 32.2. The van der Waals surface area contributed by atoms with Gasteiger partial charge in [0, 0.05) is 6.54 Å². The Morgan fingerprint density at radius 1 is 1.53 bits per heavy atom. The molecule has 0 saturated carbocycles. The summed E-state index contributed by atoms with van der Waals surface area (Å²) >= 11 is 0. The summed E-state index contributed by atoms with van der Waals surface area (Å²) in [6.07, 6.45) is 2.41. The minimum atomic E-state index is -3.33. The topological polar surface area (TPSA) is 79.6 Å². The Kier molecular flexibility index (Phi) is 3.96. The summed E-state index contributed by atoms with van der Waals surface area (Å²) in [5, 5.41) is 2.72. The first-order valence-corrected chi connectivity index (χ1v) is 8.02. The fourth-order valence-electron chi connectivity index (χ4n) is 2.27. The van der Waals surface area contributed by atoms with E-state index in [0.29, 0.717) is 25.1 Å². The predicted octanol–water partition coefficient (Wildman–Crippen LogP) is 0.628. The van der Waals surface area contributed by atoms with Gasteiger partial charge in [-0.2, -0.15) is 4.31 Å². The number of rotatable bonds is 4.